The predicted molar refractivity (Wildman–Crippen MR) is 87.4 cm³/mol. The molecule has 22 heavy (non-hydrogen) atoms. The summed E-state index contributed by atoms with van der Waals surface area (Å²) in [6, 6.07) is 5.29. The van der Waals surface area contributed by atoms with Crippen LogP contribution < -0.4 is 10.2 Å². The Kier molecular flexibility index (Phi) is 5.77. The number of rotatable bonds is 5. The highest BCUT2D eigenvalue weighted by Crippen LogP contribution is 2.22. The van der Waals surface area contributed by atoms with Crippen molar-refractivity contribution in [3.8, 4) is 0 Å². The monoisotopic (exact) mass is 307 g/mol. The quantitative estimate of drug-likeness (QED) is 0.906. The Hall–Kier alpha value is -1.62. The van der Waals surface area contributed by atoms with Crippen LogP contribution in [0.25, 0.3) is 0 Å². The highest BCUT2D eigenvalue weighted by atomic mass is 19.1. The zero-order chi connectivity index (χ0) is 16.1. The Labute approximate surface area is 132 Å². The van der Waals surface area contributed by atoms with E-state index in [0.717, 1.165) is 18.7 Å². The second-order valence-corrected chi connectivity index (χ2v) is 6.30. The van der Waals surface area contributed by atoms with Crippen molar-refractivity contribution in [2.45, 2.75) is 27.3 Å². The van der Waals surface area contributed by atoms with E-state index in [9.17, 15) is 9.18 Å². The molecular formula is C17H26FN3O. The van der Waals surface area contributed by atoms with Crippen molar-refractivity contribution < 1.29 is 9.18 Å². The molecule has 1 aliphatic heterocycles. The average molecular weight is 307 g/mol. The lowest BCUT2D eigenvalue weighted by Crippen LogP contribution is -2.48. The van der Waals surface area contributed by atoms with Gasteiger partial charge in [0.2, 0.25) is 5.91 Å². The van der Waals surface area contributed by atoms with Gasteiger partial charge >= 0.3 is 0 Å². The van der Waals surface area contributed by atoms with Crippen molar-refractivity contribution in [3.63, 3.8) is 0 Å². The van der Waals surface area contributed by atoms with E-state index < -0.39 is 0 Å². The number of halogens is 1. The molecule has 1 aromatic carbocycles. The van der Waals surface area contributed by atoms with Crippen LogP contribution in [0.1, 0.15) is 26.3 Å². The fourth-order valence-corrected chi connectivity index (χ4v) is 2.68. The molecule has 1 saturated heterocycles. The van der Waals surface area contributed by atoms with Gasteiger partial charge in [-0.15, -0.1) is 0 Å². The first-order valence-electron chi connectivity index (χ1n) is 7.97. The first kappa shape index (κ1) is 16.7. The second kappa shape index (κ2) is 7.58. The van der Waals surface area contributed by atoms with Crippen LogP contribution >= 0.6 is 0 Å². The molecule has 0 spiro atoms. The van der Waals surface area contributed by atoms with Gasteiger partial charge in [0.15, 0.2) is 0 Å². The van der Waals surface area contributed by atoms with Crippen LogP contribution in [0, 0.1) is 11.7 Å². The summed E-state index contributed by atoms with van der Waals surface area (Å²) in [6.45, 7) is 10.3. The molecule has 0 unspecified atom stereocenters. The number of piperazine rings is 1. The third kappa shape index (κ3) is 4.44. The highest BCUT2D eigenvalue weighted by Gasteiger charge is 2.21. The Morgan fingerprint density at radius 2 is 1.95 bits per heavy atom. The second-order valence-electron chi connectivity index (χ2n) is 6.30. The van der Waals surface area contributed by atoms with Crippen molar-refractivity contribution >= 4 is 11.6 Å². The smallest absolute Gasteiger partial charge is 0.219 e. The third-order valence-electron chi connectivity index (χ3n) is 3.96. The van der Waals surface area contributed by atoms with E-state index in [1.54, 1.807) is 13.0 Å². The van der Waals surface area contributed by atoms with Gasteiger partial charge in [-0.05, 0) is 30.2 Å². The molecule has 1 aromatic rings. The lowest BCUT2D eigenvalue weighted by molar-refractivity contribution is -0.129. The van der Waals surface area contributed by atoms with Crippen LogP contribution in [-0.4, -0.2) is 43.5 Å². The Bertz CT molecular complexity index is 511. The molecule has 4 nitrogen and oxygen atoms in total. The van der Waals surface area contributed by atoms with Crippen molar-refractivity contribution in [3.05, 3.63) is 29.6 Å². The zero-order valence-electron chi connectivity index (χ0n) is 13.7. The van der Waals surface area contributed by atoms with Crippen LogP contribution in [0.2, 0.25) is 0 Å². The van der Waals surface area contributed by atoms with E-state index in [4.69, 9.17) is 0 Å². The molecule has 1 aliphatic rings. The van der Waals surface area contributed by atoms with Crippen LogP contribution in [0.5, 0.6) is 0 Å². The topological polar surface area (TPSA) is 35.6 Å². The molecule has 1 amide bonds. The minimum Gasteiger partial charge on any atom is -0.366 e. The minimum absolute atomic E-state index is 0.0896. The van der Waals surface area contributed by atoms with E-state index in [1.807, 2.05) is 21.9 Å². The summed E-state index contributed by atoms with van der Waals surface area (Å²) in [5.41, 5.74) is 1.73. The standard InChI is InChI=1S/C17H26FN3O/c1-13(2)11-19-12-15-4-5-16(18)17(10-15)21-8-6-20(7-9-21)14(3)22/h4-5,10,13,19H,6-9,11-12H2,1-3H3. The van der Waals surface area contributed by atoms with Crippen LogP contribution in [0.3, 0.4) is 0 Å². The predicted octanol–water partition coefficient (Wildman–Crippen LogP) is 2.24. The van der Waals surface area contributed by atoms with Crippen LogP contribution in [0.4, 0.5) is 10.1 Å². The van der Waals surface area contributed by atoms with E-state index >= 15 is 0 Å². The van der Waals surface area contributed by atoms with Crippen LogP contribution in [0.15, 0.2) is 18.2 Å². The highest BCUT2D eigenvalue weighted by molar-refractivity contribution is 5.73. The maximum atomic E-state index is 14.1. The summed E-state index contributed by atoms with van der Waals surface area (Å²) in [7, 11) is 0. The summed E-state index contributed by atoms with van der Waals surface area (Å²) in [5, 5.41) is 3.38. The number of carbonyl (C=O) groups is 1. The van der Waals surface area contributed by atoms with Crippen molar-refractivity contribution in [1.29, 1.82) is 0 Å². The number of hydrogen-bond acceptors (Lipinski definition) is 3. The van der Waals surface area contributed by atoms with E-state index in [0.29, 0.717) is 37.8 Å². The number of nitrogens with zero attached hydrogens (tertiary/aromatic N) is 2. The van der Waals surface area contributed by atoms with E-state index in [1.165, 1.54) is 0 Å². The van der Waals surface area contributed by atoms with Gasteiger partial charge in [0.05, 0.1) is 5.69 Å². The molecule has 0 aliphatic carbocycles. The molecule has 5 heteroatoms. The SMILES string of the molecule is CC(=O)N1CCN(c2cc(CNCC(C)C)ccc2F)CC1. The molecule has 1 N–H and O–H groups in total. The number of hydrogen-bond donors (Lipinski definition) is 1. The molecule has 1 heterocycles. The number of nitrogens with one attached hydrogen (secondary N) is 1. The van der Waals surface area contributed by atoms with Crippen LogP contribution in [-0.2, 0) is 11.3 Å². The van der Waals surface area contributed by atoms with Gasteiger partial charge in [-0.2, -0.15) is 0 Å². The molecule has 122 valence electrons. The van der Waals surface area contributed by atoms with Gasteiger partial charge < -0.3 is 15.1 Å². The summed E-state index contributed by atoms with van der Waals surface area (Å²) >= 11 is 0. The number of anilines is 1. The summed E-state index contributed by atoms with van der Waals surface area (Å²) in [5.74, 6) is 0.496. The lowest BCUT2D eigenvalue weighted by Gasteiger charge is -2.36. The molecule has 0 atom stereocenters. The number of benzene rings is 1. The van der Waals surface area contributed by atoms with E-state index in [-0.39, 0.29) is 11.7 Å². The van der Waals surface area contributed by atoms with Gasteiger partial charge in [-0.3, -0.25) is 4.79 Å². The molecular weight excluding hydrogens is 281 g/mol. The third-order valence-corrected chi connectivity index (χ3v) is 3.96. The molecule has 1 fully saturated rings. The first-order valence-corrected chi connectivity index (χ1v) is 7.97. The summed E-state index contributed by atoms with van der Waals surface area (Å²) < 4.78 is 14.1. The number of carbonyl (C=O) groups excluding carboxylic acids is 1. The Balaban J connectivity index is 2.00. The normalized spacial score (nSPS) is 15.5. The Morgan fingerprint density at radius 3 is 2.55 bits per heavy atom. The first-order chi connectivity index (χ1) is 10.5. The largest absolute Gasteiger partial charge is 0.366 e. The molecule has 0 radical (unpaired) electrons. The summed E-state index contributed by atoms with van der Waals surface area (Å²) in [4.78, 5) is 15.2. The molecule has 0 bridgehead atoms. The maximum Gasteiger partial charge on any atom is 0.219 e. The molecule has 0 saturated carbocycles. The van der Waals surface area contributed by atoms with E-state index in [2.05, 4.69) is 19.2 Å². The Morgan fingerprint density at radius 1 is 1.27 bits per heavy atom. The van der Waals surface area contributed by atoms with Gasteiger partial charge in [0.25, 0.3) is 0 Å². The zero-order valence-corrected chi connectivity index (χ0v) is 13.7. The van der Waals surface area contributed by atoms with Gasteiger partial charge in [0.1, 0.15) is 5.82 Å². The average Bonchev–Trinajstić information content (AvgIpc) is 2.49. The van der Waals surface area contributed by atoms with Crippen molar-refractivity contribution in [2.75, 3.05) is 37.6 Å². The summed E-state index contributed by atoms with van der Waals surface area (Å²) in [6.07, 6.45) is 0. The maximum absolute atomic E-state index is 14.1. The van der Waals surface area contributed by atoms with Gasteiger partial charge in [-0.25, -0.2) is 4.39 Å². The van der Waals surface area contributed by atoms with Gasteiger partial charge in [-0.1, -0.05) is 19.9 Å². The van der Waals surface area contributed by atoms with Crippen molar-refractivity contribution in [1.82, 2.24) is 10.2 Å². The molecule has 0 aromatic heterocycles. The molecule has 2 rings (SSSR count). The van der Waals surface area contributed by atoms with Gasteiger partial charge in [0, 0.05) is 39.6 Å². The van der Waals surface area contributed by atoms with Crippen molar-refractivity contribution in [2.24, 2.45) is 5.92 Å². The number of amides is 1. The minimum atomic E-state index is -0.191. The fourth-order valence-electron chi connectivity index (χ4n) is 2.68. The lowest BCUT2D eigenvalue weighted by atomic mass is 10.1. The fraction of sp³-hybridized carbons (Fsp3) is 0.588.